The lowest BCUT2D eigenvalue weighted by atomic mass is 10.1. The highest BCUT2D eigenvalue weighted by Gasteiger charge is 2.12. The largest absolute Gasteiger partial charge is 0.254 e. The molecule has 3 rings (SSSR count). The standard InChI is InChI=1S/C15H14N2S/c1-9-8-10(2)13-14(11(9)3)18-15(17-13)12-6-4-5-7-16-12/h4-8H,1-3H3. The quantitative estimate of drug-likeness (QED) is 0.647. The van der Waals surface area contributed by atoms with E-state index in [0.717, 1.165) is 16.2 Å². The molecule has 0 radical (unpaired) electrons. The van der Waals surface area contributed by atoms with Crippen molar-refractivity contribution in [3.63, 3.8) is 0 Å². The number of benzene rings is 1. The second kappa shape index (κ2) is 4.18. The number of fused-ring (bicyclic) bond motifs is 1. The Kier molecular flexibility index (Phi) is 2.63. The molecule has 18 heavy (non-hydrogen) atoms. The van der Waals surface area contributed by atoms with Crippen molar-refractivity contribution >= 4 is 21.6 Å². The normalized spacial score (nSPS) is 11.1. The van der Waals surface area contributed by atoms with E-state index in [1.807, 2.05) is 24.4 Å². The van der Waals surface area contributed by atoms with E-state index in [2.05, 4.69) is 31.8 Å². The molecule has 2 aromatic heterocycles. The third-order valence-corrected chi connectivity index (χ3v) is 4.45. The first-order valence-corrected chi connectivity index (χ1v) is 6.77. The van der Waals surface area contributed by atoms with Gasteiger partial charge in [0.15, 0.2) is 0 Å². The summed E-state index contributed by atoms with van der Waals surface area (Å²) in [5.41, 5.74) is 5.97. The van der Waals surface area contributed by atoms with Crippen LogP contribution in [0.2, 0.25) is 0 Å². The summed E-state index contributed by atoms with van der Waals surface area (Å²) in [5, 5.41) is 1.00. The van der Waals surface area contributed by atoms with Gasteiger partial charge in [-0.25, -0.2) is 4.98 Å². The van der Waals surface area contributed by atoms with Crippen LogP contribution in [0.15, 0.2) is 30.5 Å². The first kappa shape index (κ1) is 11.4. The summed E-state index contributed by atoms with van der Waals surface area (Å²) in [5.74, 6) is 0. The Morgan fingerprint density at radius 2 is 1.89 bits per heavy atom. The van der Waals surface area contributed by atoms with E-state index < -0.39 is 0 Å². The molecule has 0 saturated carbocycles. The Morgan fingerprint density at radius 1 is 1.06 bits per heavy atom. The van der Waals surface area contributed by atoms with E-state index in [-0.39, 0.29) is 0 Å². The second-order valence-electron chi connectivity index (χ2n) is 4.55. The van der Waals surface area contributed by atoms with E-state index in [0.29, 0.717) is 0 Å². The minimum atomic E-state index is 0.954. The van der Waals surface area contributed by atoms with Gasteiger partial charge in [-0.05, 0) is 49.6 Å². The molecule has 0 aliphatic carbocycles. The maximum Gasteiger partial charge on any atom is 0.143 e. The predicted molar refractivity (Wildman–Crippen MR) is 77.1 cm³/mol. The molecular weight excluding hydrogens is 240 g/mol. The maximum atomic E-state index is 4.74. The van der Waals surface area contributed by atoms with Crippen molar-refractivity contribution in [1.82, 2.24) is 9.97 Å². The molecule has 0 atom stereocenters. The number of hydrogen-bond acceptors (Lipinski definition) is 3. The minimum absolute atomic E-state index is 0.954. The highest BCUT2D eigenvalue weighted by atomic mass is 32.1. The topological polar surface area (TPSA) is 25.8 Å². The smallest absolute Gasteiger partial charge is 0.143 e. The lowest BCUT2D eigenvalue weighted by Gasteiger charge is -2.02. The molecule has 0 fully saturated rings. The van der Waals surface area contributed by atoms with Crippen molar-refractivity contribution in [3.8, 4) is 10.7 Å². The van der Waals surface area contributed by atoms with Crippen molar-refractivity contribution in [2.24, 2.45) is 0 Å². The summed E-state index contributed by atoms with van der Waals surface area (Å²) in [4.78, 5) is 9.11. The zero-order valence-corrected chi connectivity index (χ0v) is 11.5. The van der Waals surface area contributed by atoms with Gasteiger partial charge in [0.25, 0.3) is 0 Å². The van der Waals surface area contributed by atoms with Crippen LogP contribution in [0.4, 0.5) is 0 Å². The first-order chi connectivity index (χ1) is 8.66. The van der Waals surface area contributed by atoms with Gasteiger partial charge in [-0.15, -0.1) is 11.3 Å². The van der Waals surface area contributed by atoms with Gasteiger partial charge in [0.05, 0.1) is 15.9 Å². The van der Waals surface area contributed by atoms with Gasteiger partial charge in [-0.3, -0.25) is 4.98 Å². The summed E-state index contributed by atoms with van der Waals surface area (Å²) >= 11 is 1.73. The van der Waals surface area contributed by atoms with Gasteiger partial charge in [-0.1, -0.05) is 12.1 Å². The lowest BCUT2D eigenvalue weighted by Crippen LogP contribution is -1.85. The number of hydrogen-bond donors (Lipinski definition) is 0. The van der Waals surface area contributed by atoms with Crippen LogP contribution in [0.5, 0.6) is 0 Å². The van der Waals surface area contributed by atoms with Crippen LogP contribution in [0.3, 0.4) is 0 Å². The second-order valence-corrected chi connectivity index (χ2v) is 5.55. The molecule has 0 unspecified atom stereocenters. The van der Waals surface area contributed by atoms with Crippen molar-refractivity contribution in [1.29, 1.82) is 0 Å². The summed E-state index contributed by atoms with van der Waals surface area (Å²) in [6.07, 6.45) is 1.81. The van der Waals surface area contributed by atoms with Gasteiger partial charge >= 0.3 is 0 Å². The average molecular weight is 254 g/mol. The molecule has 0 bridgehead atoms. The summed E-state index contributed by atoms with van der Waals surface area (Å²) < 4.78 is 1.29. The van der Waals surface area contributed by atoms with Crippen molar-refractivity contribution < 1.29 is 0 Å². The molecule has 2 nitrogen and oxygen atoms in total. The lowest BCUT2D eigenvalue weighted by molar-refractivity contribution is 1.29. The molecule has 2 heterocycles. The SMILES string of the molecule is Cc1cc(C)c2nc(-c3ccccn3)sc2c1C. The Hall–Kier alpha value is -1.74. The van der Waals surface area contributed by atoms with Gasteiger partial charge < -0.3 is 0 Å². The van der Waals surface area contributed by atoms with Gasteiger partial charge in [-0.2, -0.15) is 0 Å². The van der Waals surface area contributed by atoms with Crippen molar-refractivity contribution in [3.05, 3.63) is 47.2 Å². The molecule has 0 N–H and O–H groups in total. The fourth-order valence-electron chi connectivity index (χ4n) is 2.12. The molecular formula is C15H14N2S. The van der Waals surface area contributed by atoms with Crippen LogP contribution >= 0.6 is 11.3 Å². The van der Waals surface area contributed by atoms with Crippen LogP contribution in [0, 0.1) is 20.8 Å². The molecule has 0 saturated heterocycles. The Labute approximate surface area is 110 Å². The number of thiazole rings is 1. The van der Waals surface area contributed by atoms with E-state index >= 15 is 0 Å². The summed E-state index contributed by atoms with van der Waals surface area (Å²) in [6.45, 7) is 6.44. The molecule has 0 aliphatic heterocycles. The zero-order valence-electron chi connectivity index (χ0n) is 10.7. The predicted octanol–water partition coefficient (Wildman–Crippen LogP) is 4.28. The Bertz CT molecular complexity index is 714. The molecule has 0 spiro atoms. The van der Waals surface area contributed by atoms with E-state index in [1.165, 1.54) is 21.4 Å². The average Bonchev–Trinajstić information content (AvgIpc) is 2.83. The summed E-state index contributed by atoms with van der Waals surface area (Å²) in [6, 6.07) is 8.14. The molecule has 3 heteroatoms. The fourth-order valence-corrected chi connectivity index (χ4v) is 3.29. The van der Waals surface area contributed by atoms with E-state index in [1.54, 1.807) is 11.3 Å². The number of pyridine rings is 1. The van der Waals surface area contributed by atoms with Crippen LogP contribution in [-0.2, 0) is 0 Å². The van der Waals surface area contributed by atoms with Crippen molar-refractivity contribution in [2.75, 3.05) is 0 Å². The minimum Gasteiger partial charge on any atom is -0.254 e. The third kappa shape index (κ3) is 1.71. The molecule has 1 aromatic carbocycles. The van der Waals surface area contributed by atoms with Crippen LogP contribution in [-0.4, -0.2) is 9.97 Å². The number of aromatic nitrogens is 2. The van der Waals surface area contributed by atoms with Gasteiger partial charge in [0.2, 0.25) is 0 Å². The monoisotopic (exact) mass is 254 g/mol. The zero-order chi connectivity index (χ0) is 12.7. The van der Waals surface area contributed by atoms with Gasteiger partial charge in [0, 0.05) is 6.20 Å². The molecule has 0 aliphatic rings. The number of rotatable bonds is 1. The third-order valence-electron chi connectivity index (χ3n) is 3.25. The van der Waals surface area contributed by atoms with Crippen LogP contribution in [0.1, 0.15) is 16.7 Å². The van der Waals surface area contributed by atoms with E-state index in [4.69, 9.17) is 4.98 Å². The fraction of sp³-hybridized carbons (Fsp3) is 0.200. The molecule has 90 valence electrons. The molecule has 3 aromatic rings. The summed E-state index contributed by atoms with van der Waals surface area (Å²) in [7, 11) is 0. The highest BCUT2D eigenvalue weighted by molar-refractivity contribution is 7.21. The first-order valence-electron chi connectivity index (χ1n) is 5.95. The van der Waals surface area contributed by atoms with Crippen LogP contribution < -0.4 is 0 Å². The maximum absolute atomic E-state index is 4.74. The number of aryl methyl sites for hydroxylation is 3. The Balaban J connectivity index is 2.29. The number of nitrogens with zero attached hydrogens (tertiary/aromatic N) is 2. The Morgan fingerprint density at radius 3 is 2.61 bits per heavy atom. The highest BCUT2D eigenvalue weighted by Crippen LogP contribution is 2.34. The van der Waals surface area contributed by atoms with Gasteiger partial charge in [0.1, 0.15) is 5.01 Å². The van der Waals surface area contributed by atoms with Crippen LogP contribution in [0.25, 0.3) is 20.9 Å². The van der Waals surface area contributed by atoms with E-state index in [9.17, 15) is 0 Å². The van der Waals surface area contributed by atoms with Crippen molar-refractivity contribution in [2.45, 2.75) is 20.8 Å². The molecule has 0 amide bonds.